The fourth-order valence-corrected chi connectivity index (χ4v) is 4.06. The Bertz CT molecular complexity index is 960. The van der Waals surface area contributed by atoms with Crippen molar-refractivity contribution < 1.29 is 4.79 Å². The minimum atomic E-state index is -0.531. The van der Waals surface area contributed by atoms with Crippen molar-refractivity contribution in [2.24, 2.45) is 0 Å². The van der Waals surface area contributed by atoms with Crippen molar-refractivity contribution in [3.05, 3.63) is 68.0 Å². The highest BCUT2D eigenvalue weighted by atomic mass is 16.2. The van der Waals surface area contributed by atoms with Gasteiger partial charge in [-0.2, -0.15) is 0 Å². The van der Waals surface area contributed by atoms with Crippen molar-refractivity contribution in [1.82, 2.24) is 24.7 Å². The SMILES string of the molecule is CN1CCN(C(C(=O)N2CCc3c([nH]c(=O)[nH]c3=O)C2)c2ccccc2)CC1. The molecule has 8 nitrogen and oxygen atoms in total. The Labute approximate surface area is 162 Å². The fourth-order valence-electron chi connectivity index (χ4n) is 4.06. The molecule has 0 radical (unpaired) electrons. The number of fused-ring (bicyclic) bond motifs is 1. The van der Waals surface area contributed by atoms with Crippen LogP contribution in [0, 0.1) is 0 Å². The number of benzene rings is 1. The van der Waals surface area contributed by atoms with E-state index in [1.165, 1.54) is 0 Å². The van der Waals surface area contributed by atoms with Gasteiger partial charge in [-0.15, -0.1) is 0 Å². The molecule has 1 amide bonds. The summed E-state index contributed by atoms with van der Waals surface area (Å²) in [5.74, 6) is 0.0162. The van der Waals surface area contributed by atoms with Gasteiger partial charge in [0, 0.05) is 44.0 Å². The van der Waals surface area contributed by atoms with Gasteiger partial charge in [-0.1, -0.05) is 30.3 Å². The van der Waals surface area contributed by atoms with E-state index in [4.69, 9.17) is 0 Å². The lowest BCUT2D eigenvalue weighted by Crippen LogP contribution is -2.51. The lowest BCUT2D eigenvalue weighted by Gasteiger charge is -2.40. The number of rotatable bonds is 3. The molecule has 1 unspecified atom stereocenters. The first-order valence-corrected chi connectivity index (χ1v) is 9.63. The number of piperazine rings is 1. The Morgan fingerprint density at radius 2 is 1.71 bits per heavy atom. The molecule has 0 bridgehead atoms. The van der Waals surface area contributed by atoms with Gasteiger partial charge in [0.05, 0.1) is 6.54 Å². The second kappa shape index (κ2) is 7.73. The van der Waals surface area contributed by atoms with E-state index in [0.717, 1.165) is 31.7 Å². The molecule has 8 heteroatoms. The van der Waals surface area contributed by atoms with Gasteiger partial charge in [0.1, 0.15) is 6.04 Å². The van der Waals surface area contributed by atoms with E-state index in [9.17, 15) is 14.4 Å². The standard InChI is InChI=1S/C20H25N5O3/c1-23-9-11-24(12-10-23)17(14-5-3-2-4-6-14)19(27)25-8-7-15-16(13-25)21-20(28)22-18(15)26/h2-6,17H,7-13H2,1H3,(H2,21,22,26,28). The number of aromatic nitrogens is 2. The number of nitrogens with zero attached hydrogens (tertiary/aromatic N) is 3. The Morgan fingerprint density at radius 1 is 1.00 bits per heavy atom. The van der Waals surface area contributed by atoms with Crippen LogP contribution < -0.4 is 11.2 Å². The molecule has 28 heavy (non-hydrogen) atoms. The lowest BCUT2D eigenvalue weighted by molar-refractivity contribution is -0.139. The zero-order valence-electron chi connectivity index (χ0n) is 16.0. The summed E-state index contributed by atoms with van der Waals surface area (Å²) in [6, 6.07) is 9.48. The van der Waals surface area contributed by atoms with Crippen molar-refractivity contribution in [3.8, 4) is 0 Å². The first-order chi connectivity index (χ1) is 13.5. The van der Waals surface area contributed by atoms with Gasteiger partial charge in [-0.3, -0.25) is 19.5 Å². The van der Waals surface area contributed by atoms with Gasteiger partial charge in [-0.05, 0) is 19.0 Å². The molecule has 2 N–H and O–H groups in total. The number of aromatic amines is 2. The molecule has 4 rings (SSSR count). The van der Waals surface area contributed by atoms with Crippen molar-refractivity contribution in [1.29, 1.82) is 0 Å². The van der Waals surface area contributed by atoms with Crippen molar-refractivity contribution in [3.63, 3.8) is 0 Å². The minimum Gasteiger partial charge on any atom is -0.335 e. The highest BCUT2D eigenvalue weighted by Crippen LogP contribution is 2.26. The quantitative estimate of drug-likeness (QED) is 0.775. The molecule has 3 heterocycles. The van der Waals surface area contributed by atoms with Gasteiger partial charge in [0.25, 0.3) is 5.56 Å². The summed E-state index contributed by atoms with van der Waals surface area (Å²) in [5.41, 5.74) is 1.20. The van der Waals surface area contributed by atoms with Crippen LogP contribution in [0.3, 0.4) is 0 Å². The van der Waals surface area contributed by atoms with E-state index in [1.807, 2.05) is 30.3 Å². The molecule has 1 fully saturated rings. The molecule has 1 atom stereocenters. The Hall–Kier alpha value is -2.71. The van der Waals surface area contributed by atoms with Gasteiger partial charge in [0.2, 0.25) is 5.91 Å². The largest absolute Gasteiger partial charge is 0.335 e. The second-order valence-electron chi connectivity index (χ2n) is 7.53. The van der Waals surface area contributed by atoms with E-state index in [2.05, 4.69) is 26.8 Å². The zero-order chi connectivity index (χ0) is 19.7. The van der Waals surface area contributed by atoms with Crippen LogP contribution in [0.2, 0.25) is 0 Å². The van der Waals surface area contributed by atoms with Gasteiger partial charge >= 0.3 is 5.69 Å². The lowest BCUT2D eigenvalue weighted by atomic mass is 10.00. The molecule has 1 aromatic heterocycles. The normalized spacial score (nSPS) is 19.2. The molecule has 1 aromatic carbocycles. The number of carbonyl (C=O) groups excluding carboxylic acids is 1. The number of likely N-dealkylation sites (N-methyl/N-ethyl adjacent to an activating group) is 1. The molecule has 0 spiro atoms. The summed E-state index contributed by atoms with van der Waals surface area (Å²) in [6.45, 7) is 4.21. The smallest absolute Gasteiger partial charge is 0.325 e. The minimum absolute atomic E-state index is 0.0162. The summed E-state index contributed by atoms with van der Waals surface area (Å²) in [6.07, 6.45) is 0.442. The van der Waals surface area contributed by atoms with Crippen molar-refractivity contribution in [2.75, 3.05) is 39.8 Å². The van der Waals surface area contributed by atoms with Gasteiger partial charge < -0.3 is 14.8 Å². The number of nitrogens with one attached hydrogen (secondary N) is 2. The summed E-state index contributed by atoms with van der Waals surface area (Å²) >= 11 is 0. The van der Waals surface area contributed by atoms with Crippen LogP contribution >= 0.6 is 0 Å². The number of hydrogen-bond acceptors (Lipinski definition) is 5. The molecular formula is C20H25N5O3. The zero-order valence-corrected chi connectivity index (χ0v) is 16.0. The Kier molecular flexibility index (Phi) is 5.15. The van der Waals surface area contributed by atoms with E-state index >= 15 is 0 Å². The van der Waals surface area contributed by atoms with Crippen molar-refractivity contribution in [2.45, 2.75) is 19.0 Å². The van der Waals surface area contributed by atoms with Crippen LogP contribution in [-0.2, 0) is 17.8 Å². The molecule has 148 valence electrons. The maximum atomic E-state index is 13.6. The summed E-state index contributed by atoms with van der Waals surface area (Å²) in [4.78, 5) is 48.4. The fraction of sp³-hybridized carbons (Fsp3) is 0.450. The Balaban J connectivity index is 1.62. The van der Waals surface area contributed by atoms with E-state index in [-0.39, 0.29) is 24.1 Å². The van der Waals surface area contributed by atoms with Crippen LogP contribution in [-0.4, -0.2) is 70.3 Å². The third-order valence-electron chi connectivity index (χ3n) is 5.67. The van der Waals surface area contributed by atoms with Gasteiger partial charge in [0.15, 0.2) is 0 Å². The summed E-state index contributed by atoms with van der Waals surface area (Å²) in [5, 5.41) is 0. The van der Waals surface area contributed by atoms with Crippen LogP contribution in [0.5, 0.6) is 0 Å². The van der Waals surface area contributed by atoms with Crippen LogP contribution in [0.4, 0.5) is 0 Å². The maximum Gasteiger partial charge on any atom is 0.325 e. The highest BCUT2D eigenvalue weighted by molar-refractivity contribution is 5.83. The maximum absolute atomic E-state index is 13.6. The molecule has 1 saturated heterocycles. The van der Waals surface area contributed by atoms with Crippen LogP contribution in [0.15, 0.2) is 39.9 Å². The summed E-state index contributed by atoms with van der Waals surface area (Å²) < 4.78 is 0. The topological polar surface area (TPSA) is 92.5 Å². The first kappa shape index (κ1) is 18.6. The Morgan fingerprint density at radius 3 is 2.43 bits per heavy atom. The molecule has 2 aromatic rings. The third kappa shape index (κ3) is 3.65. The number of amides is 1. The monoisotopic (exact) mass is 383 g/mol. The van der Waals surface area contributed by atoms with Crippen LogP contribution in [0.1, 0.15) is 22.9 Å². The second-order valence-corrected chi connectivity index (χ2v) is 7.53. The third-order valence-corrected chi connectivity index (χ3v) is 5.67. The number of carbonyl (C=O) groups is 1. The molecule has 2 aliphatic heterocycles. The van der Waals surface area contributed by atoms with E-state index < -0.39 is 5.69 Å². The predicted molar refractivity (Wildman–Crippen MR) is 105 cm³/mol. The highest BCUT2D eigenvalue weighted by Gasteiger charge is 2.34. The average molecular weight is 383 g/mol. The molecule has 2 aliphatic rings. The molecular weight excluding hydrogens is 358 g/mol. The van der Waals surface area contributed by atoms with E-state index in [0.29, 0.717) is 24.2 Å². The van der Waals surface area contributed by atoms with E-state index in [1.54, 1.807) is 4.90 Å². The number of hydrogen-bond donors (Lipinski definition) is 2. The summed E-state index contributed by atoms with van der Waals surface area (Å²) in [7, 11) is 2.09. The van der Waals surface area contributed by atoms with Crippen LogP contribution in [0.25, 0.3) is 0 Å². The molecule has 0 aliphatic carbocycles. The predicted octanol–water partition coefficient (Wildman–Crippen LogP) is -0.0634. The van der Waals surface area contributed by atoms with Crippen molar-refractivity contribution >= 4 is 5.91 Å². The first-order valence-electron chi connectivity index (χ1n) is 9.63. The van der Waals surface area contributed by atoms with Gasteiger partial charge in [-0.25, -0.2) is 4.79 Å². The molecule has 0 saturated carbocycles. The average Bonchev–Trinajstić information content (AvgIpc) is 2.70. The number of H-pyrrole nitrogens is 2.